The maximum absolute atomic E-state index is 12.8. The molecule has 0 unspecified atom stereocenters. The first-order valence-electron chi connectivity index (χ1n) is 33.3. The highest BCUT2D eigenvalue weighted by atomic mass is 19.4. The van der Waals surface area contributed by atoms with E-state index in [-0.39, 0.29) is 6.92 Å². The minimum absolute atomic E-state index is 0.188. The second-order valence-corrected chi connectivity index (χ2v) is 23.0. The third-order valence-corrected chi connectivity index (χ3v) is 14.7. The third-order valence-electron chi connectivity index (χ3n) is 14.7. The Morgan fingerprint density at radius 1 is 0.333 bits per heavy atom. The normalized spacial score (nSPS) is 11.0. The van der Waals surface area contributed by atoms with Gasteiger partial charge in [0.2, 0.25) is 0 Å². The second kappa shape index (κ2) is 51.0. The van der Waals surface area contributed by atoms with Crippen molar-refractivity contribution in [3.63, 3.8) is 0 Å². The molecule has 0 spiro atoms. The number of nitrogens with one attached hydrogen (secondary N) is 4. The van der Waals surface area contributed by atoms with E-state index >= 15 is 0 Å². The molecule has 0 aliphatic heterocycles. The summed E-state index contributed by atoms with van der Waals surface area (Å²) in [6.07, 6.45) is 35.7. The van der Waals surface area contributed by atoms with Crippen molar-refractivity contribution in [3.8, 4) is 16.9 Å². The van der Waals surface area contributed by atoms with Gasteiger partial charge < -0.3 is 30.7 Å². The maximum atomic E-state index is 12.8. The summed E-state index contributed by atoms with van der Waals surface area (Å²) in [7, 11) is 1.80. The van der Waals surface area contributed by atoms with Crippen LogP contribution in [-0.2, 0) is 30.1 Å². The van der Waals surface area contributed by atoms with Gasteiger partial charge in [-0.2, -0.15) is 26.3 Å². The number of rotatable bonds is 40. The standard InChI is InChI=1S/C39H51F3N2O3.C19H40O.C14H12N2O2.C2H3F3/c1-2-3-4-5-6-7-8-9-10-11-12-13-14-15-16-17-30-47-36-28-26-35(27-29-36)44-38(46)37(45)43-34-24-20-32(21-25-34)31-18-22-33(23-19-31)39(40,41)42;1-3-4-5-6-7-8-9-10-11-12-13-14-15-16-17-18-19-20-2;17-13(15-11-7-3-1-4-8-11)14(18)16-12-9-5-2-6-10-12;1-2(3,4)5/h18-29H,2-17,30H2,1H3,(H,43,45)(H,44,46);3-19H2,1-2H3;1-10H,(H,15,17)(H,16,18);1H3. The first kappa shape index (κ1) is 79.4. The zero-order chi connectivity index (χ0) is 65.8. The van der Waals surface area contributed by atoms with Crippen LogP contribution in [0.4, 0.5) is 49.1 Å². The van der Waals surface area contributed by atoms with Crippen molar-refractivity contribution in [2.24, 2.45) is 0 Å². The summed E-state index contributed by atoms with van der Waals surface area (Å²) in [5, 5.41) is 10.1. The van der Waals surface area contributed by atoms with Gasteiger partial charge in [-0.25, -0.2) is 0 Å². The summed E-state index contributed by atoms with van der Waals surface area (Å²) >= 11 is 0. The zero-order valence-electron chi connectivity index (χ0n) is 54.5. The van der Waals surface area contributed by atoms with Crippen molar-refractivity contribution in [2.45, 2.75) is 239 Å². The van der Waals surface area contributed by atoms with Crippen LogP contribution in [0, 0.1) is 0 Å². The van der Waals surface area contributed by atoms with Crippen molar-refractivity contribution in [1.82, 2.24) is 0 Å². The predicted molar refractivity (Wildman–Crippen MR) is 359 cm³/mol. The summed E-state index contributed by atoms with van der Waals surface area (Å²) < 4.78 is 80.4. The van der Waals surface area contributed by atoms with Crippen molar-refractivity contribution < 1.29 is 55.0 Å². The molecule has 0 bridgehead atoms. The van der Waals surface area contributed by atoms with E-state index in [4.69, 9.17) is 9.47 Å². The van der Waals surface area contributed by atoms with Crippen molar-refractivity contribution in [3.05, 3.63) is 139 Å². The number of alkyl halides is 6. The molecule has 4 amide bonds. The molecule has 10 nitrogen and oxygen atoms in total. The van der Waals surface area contributed by atoms with Gasteiger partial charge in [0.05, 0.1) is 12.2 Å². The summed E-state index contributed by atoms with van der Waals surface area (Å²) in [6.45, 7) is 6.33. The Labute approximate surface area is 535 Å². The van der Waals surface area contributed by atoms with Gasteiger partial charge in [0.15, 0.2) is 0 Å². The Morgan fingerprint density at radius 2 is 0.578 bits per heavy atom. The van der Waals surface area contributed by atoms with Gasteiger partial charge in [0.25, 0.3) is 0 Å². The number of ether oxygens (including phenoxy) is 2. The molecule has 0 saturated heterocycles. The van der Waals surface area contributed by atoms with Crippen LogP contribution < -0.4 is 26.0 Å². The molecule has 0 saturated carbocycles. The van der Waals surface area contributed by atoms with Crippen LogP contribution in [0.1, 0.15) is 232 Å². The summed E-state index contributed by atoms with van der Waals surface area (Å²) in [6, 6.07) is 35.9. The Kier molecular flexibility index (Phi) is 45.0. The molecule has 5 rings (SSSR count). The number of carbonyl (C=O) groups excluding carboxylic acids is 4. The van der Waals surface area contributed by atoms with Crippen LogP contribution >= 0.6 is 0 Å². The lowest BCUT2D eigenvalue weighted by molar-refractivity contribution is -0.137. The third kappa shape index (κ3) is 43.9. The first-order valence-corrected chi connectivity index (χ1v) is 33.3. The number of benzene rings is 5. The molecule has 16 heteroatoms. The molecule has 0 aromatic heterocycles. The minimum atomic E-state index is -4.39. The number of carbonyl (C=O) groups is 4. The molecule has 90 heavy (non-hydrogen) atoms. The van der Waals surface area contributed by atoms with E-state index < -0.39 is 41.5 Å². The van der Waals surface area contributed by atoms with E-state index in [0.717, 1.165) is 31.6 Å². The van der Waals surface area contributed by atoms with E-state index in [1.807, 2.05) is 12.1 Å². The SMILES string of the molecule is CC(F)(F)F.CCCCCCCCCCCCCCCCCCOC.CCCCCCCCCCCCCCCCCCOc1ccc(NC(=O)C(=O)Nc2ccc(-c3ccc(C(F)(F)F)cc3)cc2)cc1.O=C(Nc1ccccc1)C(=O)Nc1ccccc1. The largest absolute Gasteiger partial charge is 0.494 e. The summed E-state index contributed by atoms with van der Waals surface area (Å²) in [4.78, 5) is 48.0. The molecule has 0 aliphatic rings. The van der Waals surface area contributed by atoms with Crippen LogP contribution in [0.3, 0.4) is 0 Å². The van der Waals surface area contributed by atoms with Crippen LogP contribution in [0.25, 0.3) is 11.1 Å². The van der Waals surface area contributed by atoms with Gasteiger partial charge in [0.1, 0.15) is 5.75 Å². The lowest BCUT2D eigenvalue weighted by Gasteiger charge is -2.10. The lowest BCUT2D eigenvalue weighted by atomic mass is 10.0. The lowest BCUT2D eigenvalue weighted by Crippen LogP contribution is -2.29. The van der Waals surface area contributed by atoms with Gasteiger partial charge in [-0.05, 0) is 96.8 Å². The topological polar surface area (TPSA) is 135 Å². The van der Waals surface area contributed by atoms with E-state index in [2.05, 4.69) is 35.1 Å². The quantitative estimate of drug-likeness (QED) is 0.0175. The number of anilines is 4. The smallest absolute Gasteiger partial charge is 0.416 e. The van der Waals surface area contributed by atoms with Crippen LogP contribution in [-0.4, -0.2) is 50.1 Å². The fraction of sp³-hybridized carbons (Fsp3) is 0.541. The Hall–Kier alpha value is -6.68. The minimum Gasteiger partial charge on any atom is -0.494 e. The number of halogens is 6. The molecule has 4 N–H and O–H groups in total. The fourth-order valence-corrected chi connectivity index (χ4v) is 9.66. The highest BCUT2D eigenvalue weighted by molar-refractivity contribution is 6.44. The van der Waals surface area contributed by atoms with Crippen LogP contribution in [0.5, 0.6) is 5.75 Å². The number of methoxy groups -OCH3 is 1. The summed E-state index contributed by atoms with van der Waals surface area (Å²) in [5.74, 6) is -2.33. The monoisotopic (exact) mass is 1260 g/mol. The molecule has 500 valence electrons. The molecule has 5 aromatic rings. The van der Waals surface area contributed by atoms with Crippen LogP contribution in [0.2, 0.25) is 0 Å². The van der Waals surface area contributed by atoms with Gasteiger partial charge in [-0.3, -0.25) is 19.2 Å². The number of hydrogen-bond donors (Lipinski definition) is 4. The van der Waals surface area contributed by atoms with Crippen molar-refractivity contribution in [2.75, 3.05) is 41.6 Å². The number of unbranched alkanes of at least 4 members (excludes halogenated alkanes) is 30. The average molecular weight is 1260 g/mol. The van der Waals surface area contributed by atoms with Crippen molar-refractivity contribution >= 4 is 46.4 Å². The molecule has 0 fully saturated rings. The predicted octanol–water partition coefficient (Wildman–Crippen LogP) is 22.3. The average Bonchev–Trinajstić information content (AvgIpc) is 2.10. The van der Waals surface area contributed by atoms with Crippen molar-refractivity contribution in [1.29, 1.82) is 0 Å². The van der Waals surface area contributed by atoms with E-state index in [9.17, 15) is 45.5 Å². The number of para-hydroxylation sites is 2. The molecular weight excluding hydrogens is 1150 g/mol. The number of amides is 4. The molecule has 0 heterocycles. The second-order valence-electron chi connectivity index (χ2n) is 23.0. The van der Waals surface area contributed by atoms with E-state index in [1.165, 1.54) is 205 Å². The van der Waals surface area contributed by atoms with Gasteiger partial charge in [0, 0.05) is 43.4 Å². The fourth-order valence-electron chi connectivity index (χ4n) is 9.66. The van der Waals surface area contributed by atoms with Gasteiger partial charge >= 0.3 is 36.0 Å². The van der Waals surface area contributed by atoms with Gasteiger partial charge in [-0.1, -0.05) is 267 Å². The molecule has 0 atom stereocenters. The Bertz CT molecular complexity index is 2490. The summed E-state index contributed by atoms with van der Waals surface area (Å²) in [5.41, 5.74) is 2.60. The Balaban J connectivity index is 0.000000522. The van der Waals surface area contributed by atoms with E-state index in [0.29, 0.717) is 46.2 Å². The zero-order valence-corrected chi connectivity index (χ0v) is 54.5. The highest BCUT2D eigenvalue weighted by Crippen LogP contribution is 2.31. The first-order chi connectivity index (χ1) is 43.4. The number of hydrogen-bond acceptors (Lipinski definition) is 6. The Morgan fingerprint density at radius 3 is 0.856 bits per heavy atom. The van der Waals surface area contributed by atoms with E-state index in [1.54, 1.807) is 104 Å². The molecule has 0 radical (unpaired) electrons. The molecule has 5 aromatic carbocycles. The molecule has 0 aliphatic carbocycles. The highest BCUT2D eigenvalue weighted by Gasteiger charge is 2.30. The van der Waals surface area contributed by atoms with Gasteiger partial charge in [-0.15, -0.1) is 0 Å². The molecular formula is C74H106F6N4O6. The van der Waals surface area contributed by atoms with Crippen LogP contribution in [0.15, 0.2) is 133 Å². The maximum Gasteiger partial charge on any atom is 0.416 e.